The third-order valence-electron chi connectivity index (χ3n) is 5.11. The van der Waals surface area contributed by atoms with Crippen molar-refractivity contribution >= 4 is 40.4 Å². The molecule has 2 amide bonds. The number of anilines is 2. The first-order valence-electron chi connectivity index (χ1n) is 10.3. The smallest absolute Gasteiger partial charge is 0.282 e. The van der Waals surface area contributed by atoms with E-state index in [1.807, 2.05) is 32.9 Å². The van der Waals surface area contributed by atoms with Crippen molar-refractivity contribution in [2.24, 2.45) is 0 Å². The molecular formula is C26H23ClN2O3. The molecule has 3 aromatic rings. The number of nitrogens with zero attached hydrogens (tertiary/aromatic N) is 1. The van der Waals surface area contributed by atoms with Gasteiger partial charge in [0, 0.05) is 10.7 Å². The standard InChI is InChI=1S/C26H23ClN2O3/c1-4-32-22-11-5-18(6-12-22)23-24(28-20-14-16(2)13-17(3)15-20)26(31)29(25(23)30)21-9-7-19(27)8-10-21/h5-15,28H,4H2,1-3H3. The van der Waals surface area contributed by atoms with Crippen LogP contribution in [0.25, 0.3) is 5.57 Å². The Morgan fingerprint density at radius 3 is 2.09 bits per heavy atom. The molecule has 5 nitrogen and oxygen atoms in total. The Balaban J connectivity index is 1.80. The van der Waals surface area contributed by atoms with Crippen LogP contribution in [0.5, 0.6) is 5.75 Å². The lowest BCUT2D eigenvalue weighted by molar-refractivity contribution is -0.120. The first-order valence-corrected chi connectivity index (χ1v) is 10.7. The van der Waals surface area contributed by atoms with Crippen LogP contribution in [0.15, 0.2) is 72.4 Å². The molecule has 0 atom stereocenters. The van der Waals surface area contributed by atoms with Crippen LogP contribution in [-0.4, -0.2) is 18.4 Å². The number of nitrogens with one attached hydrogen (secondary N) is 1. The van der Waals surface area contributed by atoms with Gasteiger partial charge in [-0.25, -0.2) is 4.90 Å². The largest absolute Gasteiger partial charge is 0.494 e. The van der Waals surface area contributed by atoms with Gasteiger partial charge in [0.25, 0.3) is 11.8 Å². The predicted molar refractivity (Wildman–Crippen MR) is 128 cm³/mol. The summed E-state index contributed by atoms with van der Waals surface area (Å²) in [4.78, 5) is 28.1. The number of rotatable bonds is 6. The average Bonchev–Trinajstić information content (AvgIpc) is 2.99. The molecule has 1 heterocycles. The lowest BCUT2D eigenvalue weighted by Crippen LogP contribution is -2.32. The van der Waals surface area contributed by atoms with Gasteiger partial charge in [-0.05, 0) is 86.0 Å². The van der Waals surface area contributed by atoms with E-state index in [2.05, 4.69) is 11.4 Å². The van der Waals surface area contributed by atoms with Crippen molar-refractivity contribution in [1.29, 1.82) is 0 Å². The van der Waals surface area contributed by atoms with Crippen LogP contribution in [0, 0.1) is 13.8 Å². The van der Waals surface area contributed by atoms with Crippen LogP contribution in [0.2, 0.25) is 5.02 Å². The van der Waals surface area contributed by atoms with E-state index in [4.69, 9.17) is 16.3 Å². The molecule has 0 aliphatic carbocycles. The van der Waals surface area contributed by atoms with Gasteiger partial charge in [-0.3, -0.25) is 9.59 Å². The lowest BCUT2D eigenvalue weighted by atomic mass is 10.0. The maximum absolute atomic E-state index is 13.5. The summed E-state index contributed by atoms with van der Waals surface area (Å²) in [5.41, 5.74) is 4.51. The van der Waals surface area contributed by atoms with E-state index in [0.717, 1.165) is 16.8 Å². The second kappa shape index (κ2) is 8.89. The average molecular weight is 447 g/mol. The van der Waals surface area contributed by atoms with Crippen molar-refractivity contribution in [3.63, 3.8) is 0 Å². The molecule has 0 saturated carbocycles. The molecule has 0 aromatic heterocycles. The fourth-order valence-electron chi connectivity index (χ4n) is 3.81. The van der Waals surface area contributed by atoms with Gasteiger partial charge in [0.05, 0.1) is 17.9 Å². The number of halogens is 1. The second-order valence-electron chi connectivity index (χ2n) is 7.63. The Hall–Kier alpha value is -3.57. The zero-order valence-corrected chi connectivity index (χ0v) is 18.9. The first-order chi connectivity index (χ1) is 15.4. The van der Waals surface area contributed by atoms with E-state index in [0.29, 0.717) is 34.2 Å². The number of carbonyl (C=O) groups is 2. The zero-order valence-electron chi connectivity index (χ0n) is 18.1. The van der Waals surface area contributed by atoms with E-state index in [1.165, 1.54) is 4.90 Å². The van der Waals surface area contributed by atoms with Crippen molar-refractivity contribution in [1.82, 2.24) is 0 Å². The summed E-state index contributed by atoms with van der Waals surface area (Å²) < 4.78 is 5.52. The van der Waals surface area contributed by atoms with E-state index >= 15 is 0 Å². The molecule has 6 heteroatoms. The van der Waals surface area contributed by atoms with Crippen LogP contribution in [0.1, 0.15) is 23.6 Å². The minimum Gasteiger partial charge on any atom is -0.494 e. The van der Waals surface area contributed by atoms with Gasteiger partial charge in [0.15, 0.2) is 0 Å². The molecular weight excluding hydrogens is 424 g/mol. The highest BCUT2D eigenvalue weighted by atomic mass is 35.5. The van der Waals surface area contributed by atoms with Crippen LogP contribution < -0.4 is 15.0 Å². The zero-order chi connectivity index (χ0) is 22.8. The fourth-order valence-corrected chi connectivity index (χ4v) is 3.94. The van der Waals surface area contributed by atoms with Gasteiger partial charge in [-0.2, -0.15) is 0 Å². The first kappa shape index (κ1) is 21.7. The SMILES string of the molecule is CCOc1ccc(C2=C(Nc3cc(C)cc(C)c3)C(=O)N(c3ccc(Cl)cc3)C2=O)cc1. The van der Waals surface area contributed by atoms with E-state index in [1.54, 1.807) is 48.5 Å². The summed E-state index contributed by atoms with van der Waals surface area (Å²) in [5.74, 6) is -0.110. The highest BCUT2D eigenvalue weighted by Gasteiger charge is 2.40. The molecule has 32 heavy (non-hydrogen) atoms. The van der Waals surface area contributed by atoms with Crippen molar-refractivity contribution in [3.8, 4) is 5.75 Å². The molecule has 0 radical (unpaired) electrons. The Morgan fingerprint density at radius 2 is 1.50 bits per heavy atom. The number of benzene rings is 3. The van der Waals surface area contributed by atoms with Crippen molar-refractivity contribution in [3.05, 3.63) is 94.1 Å². The maximum atomic E-state index is 13.5. The predicted octanol–water partition coefficient (Wildman–Crippen LogP) is 5.75. The van der Waals surface area contributed by atoms with E-state index < -0.39 is 11.8 Å². The molecule has 0 unspecified atom stereocenters. The Morgan fingerprint density at radius 1 is 0.875 bits per heavy atom. The minimum absolute atomic E-state index is 0.235. The highest BCUT2D eigenvalue weighted by Crippen LogP contribution is 2.35. The molecule has 1 aliphatic rings. The molecule has 1 aliphatic heterocycles. The summed E-state index contributed by atoms with van der Waals surface area (Å²) in [5, 5.41) is 3.74. The van der Waals surface area contributed by atoms with Gasteiger partial charge in [0.2, 0.25) is 0 Å². The quantitative estimate of drug-likeness (QED) is 0.489. The van der Waals surface area contributed by atoms with Gasteiger partial charge in [-0.15, -0.1) is 0 Å². The second-order valence-corrected chi connectivity index (χ2v) is 8.07. The summed E-state index contributed by atoms with van der Waals surface area (Å²) in [6, 6.07) is 19.7. The van der Waals surface area contributed by atoms with Gasteiger partial charge < -0.3 is 10.1 Å². The van der Waals surface area contributed by atoms with Crippen molar-refractivity contribution < 1.29 is 14.3 Å². The van der Waals surface area contributed by atoms with Crippen LogP contribution >= 0.6 is 11.6 Å². The Bertz CT molecular complexity index is 1190. The summed E-state index contributed by atoms with van der Waals surface area (Å²) >= 11 is 6.00. The van der Waals surface area contributed by atoms with Gasteiger partial charge in [0.1, 0.15) is 11.4 Å². The van der Waals surface area contributed by atoms with Crippen LogP contribution in [0.3, 0.4) is 0 Å². The molecule has 3 aromatic carbocycles. The van der Waals surface area contributed by atoms with Crippen LogP contribution in [0.4, 0.5) is 11.4 Å². The van der Waals surface area contributed by atoms with Gasteiger partial charge >= 0.3 is 0 Å². The van der Waals surface area contributed by atoms with E-state index in [9.17, 15) is 9.59 Å². The maximum Gasteiger partial charge on any atom is 0.282 e. The minimum atomic E-state index is -0.416. The monoisotopic (exact) mass is 446 g/mol. The lowest BCUT2D eigenvalue weighted by Gasteiger charge is -2.15. The number of hydrogen-bond acceptors (Lipinski definition) is 4. The number of aryl methyl sites for hydroxylation is 2. The van der Waals surface area contributed by atoms with Crippen molar-refractivity contribution in [2.75, 3.05) is 16.8 Å². The summed E-state index contributed by atoms with van der Waals surface area (Å²) in [6.45, 7) is 6.43. The number of imide groups is 1. The molecule has 0 bridgehead atoms. The topological polar surface area (TPSA) is 58.6 Å². The third-order valence-corrected chi connectivity index (χ3v) is 5.37. The summed E-state index contributed by atoms with van der Waals surface area (Å²) in [7, 11) is 0. The number of hydrogen-bond donors (Lipinski definition) is 1. The number of ether oxygens (including phenoxy) is 1. The summed E-state index contributed by atoms with van der Waals surface area (Å²) in [6.07, 6.45) is 0. The Kier molecular flexibility index (Phi) is 6.01. The number of carbonyl (C=O) groups excluding carboxylic acids is 2. The fraction of sp³-hybridized carbons (Fsp3) is 0.154. The van der Waals surface area contributed by atoms with E-state index in [-0.39, 0.29) is 5.70 Å². The number of amides is 2. The molecule has 0 saturated heterocycles. The van der Waals surface area contributed by atoms with Crippen LogP contribution in [-0.2, 0) is 9.59 Å². The Labute approximate surface area is 192 Å². The molecule has 0 spiro atoms. The highest BCUT2D eigenvalue weighted by molar-refractivity contribution is 6.46. The normalized spacial score (nSPS) is 13.7. The molecule has 1 N–H and O–H groups in total. The van der Waals surface area contributed by atoms with Gasteiger partial charge in [-0.1, -0.05) is 29.8 Å². The molecule has 162 valence electrons. The third kappa shape index (κ3) is 4.25. The van der Waals surface area contributed by atoms with Crippen molar-refractivity contribution in [2.45, 2.75) is 20.8 Å². The molecule has 4 rings (SSSR count). The molecule has 0 fully saturated rings.